The highest BCUT2D eigenvalue weighted by Crippen LogP contribution is 2.47. The van der Waals surface area contributed by atoms with Gasteiger partial charge in [0.1, 0.15) is 0 Å². The van der Waals surface area contributed by atoms with Crippen LogP contribution in [0.2, 0.25) is 0 Å². The number of hydrogen-bond donors (Lipinski definition) is 2. The average Bonchev–Trinajstić information content (AvgIpc) is 3.45. The number of ether oxygens (including phenoxy) is 2. The third-order valence-electron chi connectivity index (χ3n) is 6.13. The van der Waals surface area contributed by atoms with Crippen LogP contribution in [0.4, 0.5) is 13.2 Å². The molecule has 0 radical (unpaired) electrons. The molecule has 3 rings (SSSR count). The minimum atomic E-state index is -4.47. The summed E-state index contributed by atoms with van der Waals surface area (Å²) in [5.41, 5.74) is 0.455. The molecule has 1 aliphatic carbocycles. The first-order chi connectivity index (χ1) is 17.0. The lowest BCUT2D eigenvalue weighted by atomic mass is 9.91. The van der Waals surface area contributed by atoms with E-state index in [0.717, 1.165) is 38.3 Å². The van der Waals surface area contributed by atoms with Crippen molar-refractivity contribution in [2.75, 3.05) is 41.4 Å². The van der Waals surface area contributed by atoms with Gasteiger partial charge in [0.05, 0.1) is 33.8 Å². The van der Waals surface area contributed by atoms with Gasteiger partial charge in [-0.15, -0.1) is 23.4 Å². The highest BCUT2D eigenvalue weighted by Gasteiger charge is 2.39. The van der Waals surface area contributed by atoms with Gasteiger partial charge in [-0.2, -0.15) is 13.2 Å². The maximum atomic E-state index is 11.9. The molecule has 5 nitrogen and oxygen atoms in total. The number of rotatable bonds is 7. The first-order valence-corrected chi connectivity index (χ1v) is 14.4. The fourth-order valence-electron chi connectivity index (χ4n) is 4.19. The maximum absolute atomic E-state index is 11.9. The van der Waals surface area contributed by atoms with Crippen LogP contribution in [0, 0.1) is 0 Å². The lowest BCUT2D eigenvalue weighted by Gasteiger charge is -2.31. The van der Waals surface area contributed by atoms with Crippen molar-refractivity contribution in [3.63, 3.8) is 0 Å². The van der Waals surface area contributed by atoms with E-state index in [4.69, 9.17) is 26.2 Å². The molecule has 0 aromatic rings. The molecule has 0 bridgehead atoms. The van der Waals surface area contributed by atoms with Gasteiger partial charge < -0.3 is 19.5 Å². The molecule has 2 heterocycles. The second-order valence-corrected chi connectivity index (χ2v) is 12.3. The zero-order valence-electron chi connectivity index (χ0n) is 21.9. The fraction of sp³-hybridized carbons (Fsp3) is 0.760. The van der Waals surface area contributed by atoms with Crippen molar-refractivity contribution in [1.29, 1.82) is 0 Å². The molecule has 3 aliphatic rings. The summed E-state index contributed by atoms with van der Waals surface area (Å²) in [6.45, 7) is 6.81. The third kappa shape index (κ3) is 11.7. The first kappa shape index (κ1) is 33.8. The SMILES string of the molecule is C=C/C=C(\C(C)O)C(F)(F)F.CN1CCCC1.CNS[C@@H]1CC(Cl)C(C2=CC[C@H](OC)C(OC)C2)S1. The van der Waals surface area contributed by atoms with Crippen molar-refractivity contribution in [2.24, 2.45) is 0 Å². The summed E-state index contributed by atoms with van der Waals surface area (Å²) in [7, 11) is 7.65. The van der Waals surface area contributed by atoms with E-state index in [0.29, 0.717) is 9.83 Å². The summed E-state index contributed by atoms with van der Waals surface area (Å²) < 4.78 is 50.4. The highest BCUT2D eigenvalue weighted by molar-refractivity contribution is 8.16. The molecule has 0 aromatic heterocycles. The number of nitrogens with zero attached hydrogens (tertiary/aromatic N) is 1. The average molecular weight is 575 g/mol. The van der Waals surface area contributed by atoms with Gasteiger partial charge >= 0.3 is 6.18 Å². The normalized spacial score (nSPS) is 30.0. The molecule has 2 fully saturated rings. The van der Waals surface area contributed by atoms with Crippen molar-refractivity contribution in [3.8, 4) is 0 Å². The zero-order chi connectivity index (χ0) is 27.3. The number of methoxy groups -OCH3 is 2. The lowest BCUT2D eigenvalue weighted by molar-refractivity contribution is -0.104. The number of likely N-dealkylation sites (tertiary alicyclic amines) is 1. The molecule has 11 heteroatoms. The predicted molar refractivity (Wildman–Crippen MR) is 148 cm³/mol. The van der Waals surface area contributed by atoms with Gasteiger partial charge in [-0.05, 0) is 66.2 Å². The standard InChI is InChI=1S/C13H22ClNO2S2.C7H9F3O.C5H11N/c1-15-19-12-7-9(14)13(18-12)8-4-5-10(16-2)11(6-8)17-3;1-3-4-6(5(2)11)7(8,9)10;1-6-4-2-3-5-6/h4,9-13,15H,5-7H2,1-3H3;3-5,11H,1H2,2H3;2-5H2,1H3/b;6-4+;/t9?,10-,11?,12+,13?;;/m0../s1. The number of hydrogen-bond acceptors (Lipinski definition) is 7. The van der Waals surface area contributed by atoms with Crippen LogP contribution in [0.5, 0.6) is 0 Å². The second kappa shape index (κ2) is 17.4. The van der Waals surface area contributed by atoms with Crippen molar-refractivity contribution >= 4 is 35.3 Å². The van der Waals surface area contributed by atoms with Crippen LogP contribution in [0.15, 0.2) is 36.0 Å². The van der Waals surface area contributed by atoms with Crippen LogP contribution in [0.1, 0.15) is 39.0 Å². The van der Waals surface area contributed by atoms with Crippen LogP contribution in [-0.4, -0.2) is 91.1 Å². The Labute approximate surface area is 228 Å². The molecule has 0 spiro atoms. The summed E-state index contributed by atoms with van der Waals surface area (Å²) in [6.07, 6.45) is 4.15. The van der Waals surface area contributed by atoms with Gasteiger partial charge in [0.2, 0.25) is 0 Å². The van der Waals surface area contributed by atoms with E-state index in [1.54, 1.807) is 26.2 Å². The summed E-state index contributed by atoms with van der Waals surface area (Å²) in [5.74, 6) is 0. The predicted octanol–water partition coefficient (Wildman–Crippen LogP) is 5.80. The Morgan fingerprint density at radius 2 is 1.92 bits per heavy atom. The lowest BCUT2D eigenvalue weighted by Crippen LogP contribution is -2.35. The second-order valence-electron chi connectivity index (χ2n) is 8.87. The highest BCUT2D eigenvalue weighted by atomic mass is 35.5. The zero-order valence-corrected chi connectivity index (χ0v) is 24.3. The maximum Gasteiger partial charge on any atom is 0.415 e. The fourth-order valence-corrected chi connectivity index (χ4v) is 7.65. The van der Waals surface area contributed by atoms with Crippen LogP contribution in [0.25, 0.3) is 0 Å². The van der Waals surface area contributed by atoms with E-state index in [9.17, 15) is 13.2 Å². The number of thioether (sulfide) groups is 1. The molecule has 2 N–H and O–H groups in total. The minimum Gasteiger partial charge on any atom is -0.389 e. The smallest absolute Gasteiger partial charge is 0.389 e. The summed E-state index contributed by atoms with van der Waals surface area (Å²) >= 11 is 10.3. The molecule has 0 saturated carbocycles. The van der Waals surface area contributed by atoms with Gasteiger partial charge in [0.15, 0.2) is 0 Å². The Morgan fingerprint density at radius 1 is 1.31 bits per heavy atom. The summed E-state index contributed by atoms with van der Waals surface area (Å²) in [6, 6.07) is 0. The Morgan fingerprint density at radius 3 is 2.31 bits per heavy atom. The van der Waals surface area contributed by atoms with Crippen molar-refractivity contribution < 1.29 is 27.8 Å². The van der Waals surface area contributed by atoms with Crippen molar-refractivity contribution in [2.45, 2.75) is 78.7 Å². The quantitative estimate of drug-likeness (QED) is 0.173. The minimum absolute atomic E-state index is 0.158. The number of alkyl halides is 4. The molecule has 2 aliphatic heterocycles. The number of aliphatic hydroxyl groups is 1. The van der Waals surface area contributed by atoms with E-state index in [-0.39, 0.29) is 17.6 Å². The summed E-state index contributed by atoms with van der Waals surface area (Å²) in [4.78, 5) is 2.36. The van der Waals surface area contributed by atoms with Gasteiger partial charge in [0.25, 0.3) is 0 Å². The Balaban J connectivity index is 0.000000320. The van der Waals surface area contributed by atoms with Gasteiger partial charge in [-0.3, -0.25) is 4.72 Å². The largest absolute Gasteiger partial charge is 0.415 e. The molecular formula is C25H42ClF3N2O3S2. The van der Waals surface area contributed by atoms with E-state index < -0.39 is 17.9 Å². The van der Waals surface area contributed by atoms with Gasteiger partial charge in [-0.25, -0.2) is 0 Å². The van der Waals surface area contributed by atoms with Gasteiger partial charge in [0, 0.05) is 19.5 Å². The van der Waals surface area contributed by atoms with E-state index in [2.05, 4.69) is 29.3 Å². The van der Waals surface area contributed by atoms with Crippen LogP contribution >= 0.6 is 35.3 Å². The number of aliphatic hydroxyl groups excluding tert-OH is 1. The summed E-state index contributed by atoms with van der Waals surface area (Å²) in [5, 5.41) is 9.28. The molecule has 2 saturated heterocycles. The number of halogens is 4. The number of nitrogens with one attached hydrogen (secondary N) is 1. The molecule has 6 atom stereocenters. The molecule has 4 unspecified atom stereocenters. The molecule has 0 amide bonds. The van der Waals surface area contributed by atoms with Gasteiger partial charge in [-0.1, -0.05) is 42.3 Å². The third-order valence-corrected chi connectivity index (χ3v) is 9.45. The topological polar surface area (TPSA) is 54.0 Å². The van der Waals surface area contributed by atoms with Crippen LogP contribution in [-0.2, 0) is 9.47 Å². The first-order valence-electron chi connectivity index (χ1n) is 12.1. The Bertz CT molecular complexity index is 705. The monoisotopic (exact) mass is 574 g/mol. The van der Waals surface area contributed by atoms with Crippen molar-refractivity contribution in [1.82, 2.24) is 9.62 Å². The molecule has 0 aromatic carbocycles. The Hall–Kier alpha value is -0.200. The Kier molecular flexibility index (Phi) is 16.4. The molecule has 36 heavy (non-hydrogen) atoms. The van der Waals surface area contributed by atoms with E-state index >= 15 is 0 Å². The number of allylic oxidation sites excluding steroid dienone is 2. The van der Waals surface area contributed by atoms with Crippen LogP contribution in [0.3, 0.4) is 0 Å². The molecular weight excluding hydrogens is 533 g/mol. The molecule has 210 valence electrons. The van der Waals surface area contributed by atoms with Crippen LogP contribution < -0.4 is 4.72 Å². The van der Waals surface area contributed by atoms with E-state index in [1.807, 2.05) is 18.8 Å². The van der Waals surface area contributed by atoms with Crippen molar-refractivity contribution in [3.05, 3.63) is 36.0 Å². The van der Waals surface area contributed by atoms with E-state index in [1.165, 1.54) is 31.5 Å².